The van der Waals surface area contributed by atoms with Crippen LogP contribution >= 0.6 is 0 Å². The average molecular weight is 375 g/mol. The number of rotatable bonds is 6. The molecule has 1 aromatic carbocycles. The number of benzene rings is 1. The molecule has 3 rings (SSSR count). The fraction of sp³-hybridized carbons (Fsp3) is 0.550. The van der Waals surface area contributed by atoms with Crippen LogP contribution in [0.2, 0.25) is 0 Å². The monoisotopic (exact) mass is 375 g/mol. The minimum absolute atomic E-state index is 0.00573. The van der Waals surface area contributed by atoms with Crippen molar-refractivity contribution in [1.29, 1.82) is 0 Å². The number of hydrogen-bond acceptors (Lipinski definition) is 6. The van der Waals surface area contributed by atoms with E-state index in [9.17, 15) is 14.4 Å². The van der Waals surface area contributed by atoms with Crippen LogP contribution in [-0.4, -0.2) is 37.7 Å². The summed E-state index contributed by atoms with van der Waals surface area (Å²) in [6, 6.07) is 5.17. The maximum Gasteiger partial charge on any atom is 0.309 e. The summed E-state index contributed by atoms with van der Waals surface area (Å²) >= 11 is 0. The molecule has 1 saturated carbocycles. The van der Waals surface area contributed by atoms with Crippen LogP contribution in [-0.2, 0) is 30.3 Å². The Labute approximate surface area is 158 Å². The predicted octanol–water partition coefficient (Wildman–Crippen LogP) is 2.62. The zero-order valence-electron chi connectivity index (χ0n) is 15.5. The number of fused-ring (bicyclic) bond motifs is 1. The van der Waals surface area contributed by atoms with Gasteiger partial charge in [-0.15, -0.1) is 0 Å². The highest BCUT2D eigenvalue weighted by Gasteiger charge is 2.29. The SMILES string of the molecule is COC(=O)Cc1ccc2c(c1)NC(=O)C(CCOC(=O)C1CCCCC1)O2. The van der Waals surface area contributed by atoms with Crippen LogP contribution in [0.15, 0.2) is 18.2 Å². The van der Waals surface area contributed by atoms with Gasteiger partial charge in [0, 0.05) is 6.42 Å². The zero-order valence-corrected chi connectivity index (χ0v) is 15.5. The van der Waals surface area contributed by atoms with Crippen molar-refractivity contribution < 1.29 is 28.6 Å². The van der Waals surface area contributed by atoms with E-state index in [-0.39, 0.29) is 36.8 Å². The molecule has 1 aromatic rings. The Morgan fingerprint density at radius 2 is 2.00 bits per heavy atom. The van der Waals surface area contributed by atoms with Crippen molar-refractivity contribution >= 4 is 23.5 Å². The van der Waals surface area contributed by atoms with E-state index in [1.165, 1.54) is 13.5 Å². The lowest BCUT2D eigenvalue weighted by atomic mass is 9.89. The van der Waals surface area contributed by atoms with Gasteiger partial charge < -0.3 is 19.5 Å². The second-order valence-electron chi connectivity index (χ2n) is 6.97. The smallest absolute Gasteiger partial charge is 0.309 e. The zero-order chi connectivity index (χ0) is 19.2. The van der Waals surface area contributed by atoms with Crippen LogP contribution in [0.4, 0.5) is 5.69 Å². The molecule has 0 bridgehead atoms. The Hall–Kier alpha value is -2.57. The van der Waals surface area contributed by atoms with Crippen LogP contribution < -0.4 is 10.1 Å². The summed E-state index contributed by atoms with van der Waals surface area (Å²) in [6.45, 7) is 0.156. The van der Waals surface area contributed by atoms with Gasteiger partial charge in [0.1, 0.15) is 5.75 Å². The summed E-state index contributed by atoms with van der Waals surface area (Å²) in [5.74, 6) is -0.276. The molecule has 1 unspecified atom stereocenters. The Kier molecular flexibility index (Phi) is 6.32. The third-order valence-electron chi connectivity index (χ3n) is 5.00. The van der Waals surface area contributed by atoms with E-state index in [0.717, 1.165) is 31.2 Å². The molecule has 1 aliphatic carbocycles. The van der Waals surface area contributed by atoms with Gasteiger partial charge >= 0.3 is 11.9 Å². The predicted molar refractivity (Wildman–Crippen MR) is 97.4 cm³/mol. The van der Waals surface area contributed by atoms with E-state index in [4.69, 9.17) is 9.47 Å². The maximum absolute atomic E-state index is 12.3. The molecule has 1 fully saturated rings. The fourth-order valence-electron chi connectivity index (χ4n) is 3.46. The van der Waals surface area contributed by atoms with Crippen molar-refractivity contribution in [3.8, 4) is 5.75 Å². The molecule has 7 heteroatoms. The van der Waals surface area contributed by atoms with Gasteiger partial charge in [0.05, 0.1) is 31.7 Å². The molecule has 0 saturated heterocycles. The molecule has 1 atom stereocenters. The van der Waals surface area contributed by atoms with Gasteiger partial charge in [0.25, 0.3) is 5.91 Å². The molecular formula is C20H25NO6. The molecule has 0 radical (unpaired) electrons. The molecule has 0 spiro atoms. The van der Waals surface area contributed by atoms with E-state index in [1.807, 2.05) is 0 Å². The summed E-state index contributed by atoms with van der Waals surface area (Å²) in [6.07, 6.45) is 4.82. The molecule has 146 valence electrons. The minimum atomic E-state index is -0.705. The number of nitrogens with one attached hydrogen (secondary N) is 1. The number of hydrogen-bond donors (Lipinski definition) is 1. The number of carbonyl (C=O) groups is 3. The first kappa shape index (κ1) is 19.2. The van der Waals surface area contributed by atoms with Crippen LogP contribution in [0.5, 0.6) is 5.75 Å². The van der Waals surface area contributed by atoms with E-state index in [2.05, 4.69) is 10.1 Å². The van der Waals surface area contributed by atoms with Gasteiger partial charge in [-0.3, -0.25) is 14.4 Å². The maximum atomic E-state index is 12.3. The molecule has 7 nitrogen and oxygen atoms in total. The molecule has 1 aliphatic heterocycles. The van der Waals surface area contributed by atoms with Crippen molar-refractivity contribution in [3.63, 3.8) is 0 Å². The third kappa shape index (κ3) is 4.99. The first-order valence-corrected chi connectivity index (χ1v) is 9.40. The number of ether oxygens (including phenoxy) is 3. The summed E-state index contributed by atoms with van der Waals surface area (Å²) in [5.41, 5.74) is 1.25. The second kappa shape index (κ2) is 8.88. The van der Waals surface area contributed by atoms with Crippen LogP contribution in [0.1, 0.15) is 44.1 Å². The van der Waals surface area contributed by atoms with Crippen LogP contribution in [0.3, 0.4) is 0 Å². The van der Waals surface area contributed by atoms with E-state index >= 15 is 0 Å². The largest absolute Gasteiger partial charge is 0.478 e. The molecule has 1 N–H and O–H groups in total. The summed E-state index contributed by atoms with van der Waals surface area (Å²) in [7, 11) is 1.33. The van der Waals surface area contributed by atoms with Crippen molar-refractivity contribution in [1.82, 2.24) is 0 Å². The minimum Gasteiger partial charge on any atom is -0.478 e. The summed E-state index contributed by atoms with van der Waals surface area (Å²) in [5, 5.41) is 2.79. The lowest BCUT2D eigenvalue weighted by molar-refractivity contribution is -0.150. The Balaban J connectivity index is 1.51. The molecule has 27 heavy (non-hydrogen) atoms. The first-order valence-electron chi connectivity index (χ1n) is 9.40. The van der Waals surface area contributed by atoms with E-state index in [0.29, 0.717) is 17.9 Å². The standard InChI is InChI=1S/C20H25NO6/c1-25-18(22)12-13-7-8-16-15(11-13)21-19(23)17(27-16)9-10-26-20(24)14-5-3-2-4-6-14/h7-8,11,14,17H,2-6,9-10,12H2,1H3,(H,21,23). The van der Waals surface area contributed by atoms with E-state index < -0.39 is 6.10 Å². The lowest BCUT2D eigenvalue weighted by Gasteiger charge is -2.26. The first-order chi connectivity index (χ1) is 13.1. The number of carbonyl (C=O) groups excluding carboxylic acids is 3. The molecule has 0 aromatic heterocycles. The Bertz CT molecular complexity index is 710. The Morgan fingerprint density at radius 3 is 2.74 bits per heavy atom. The number of amides is 1. The molecular weight excluding hydrogens is 350 g/mol. The van der Waals surface area contributed by atoms with Crippen LogP contribution in [0.25, 0.3) is 0 Å². The Morgan fingerprint density at radius 1 is 1.22 bits per heavy atom. The van der Waals surface area contributed by atoms with Crippen molar-refractivity contribution in [2.45, 2.75) is 51.0 Å². The fourth-order valence-corrected chi connectivity index (χ4v) is 3.46. The average Bonchev–Trinajstić information content (AvgIpc) is 2.69. The number of methoxy groups -OCH3 is 1. The van der Waals surface area contributed by atoms with Gasteiger partial charge in [0.2, 0.25) is 0 Å². The van der Waals surface area contributed by atoms with Crippen molar-refractivity contribution in [3.05, 3.63) is 23.8 Å². The highest BCUT2D eigenvalue weighted by Crippen LogP contribution is 2.31. The van der Waals surface area contributed by atoms with Gasteiger partial charge in [0.15, 0.2) is 6.10 Å². The topological polar surface area (TPSA) is 90.9 Å². The number of esters is 2. The highest BCUT2D eigenvalue weighted by atomic mass is 16.5. The van der Waals surface area contributed by atoms with Crippen molar-refractivity contribution in [2.24, 2.45) is 5.92 Å². The molecule has 1 heterocycles. The normalized spacial score (nSPS) is 19.4. The lowest BCUT2D eigenvalue weighted by Crippen LogP contribution is -2.38. The molecule has 1 amide bonds. The summed E-state index contributed by atoms with van der Waals surface area (Å²) < 4.78 is 15.7. The summed E-state index contributed by atoms with van der Waals surface area (Å²) in [4.78, 5) is 35.7. The van der Waals surface area contributed by atoms with E-state index in [1.54, 1.807) is 18.2 Å². The quantitative estimate of drug-likeness (QED) is 0.769. The van der Waals surface area contributed by atoms with Gasteiger partial charge in [-0.2, -0.15) is 0 Å². The van der Waals surface area contributed by atoms with Crippen LogP contribution in [0, 0.1) is 5.92 Å². The third-order valence-corrected chi connectivity index (χ3v) is 5.00. The highest BCUT2D eigenvalue weighted by molar-refractivity contribution is 5.98. The molecule has 2 aliphatic rings. The van der Waals surface area contributed by atoms with Gasteiger partial charge in [-0.25, -0.2) is 0 Å². The number of anilines is 1. The second-order valence-corrected chi connectivity index (χ2v) is 6.97. The van der Waals surface area contributed by atoms with Crippen molar-refractivity contribution in [2.75, 3.05) is 19.0 Å². The van der Waals surface area contributed by atoms with Gasteiger partial charge in [-0.1, -0.05) is 25.3 Å². The van der Waals surface area contributed by atoms with Gasteiger partial charge in [-0.05, 0) is 30.5 Å².